The fraction of sp³-hybridized carbons (Fsp3) is 0.350. The van der Waals surface area contributed by atoms with Crippen LogP contribution in [0, 0.1) is 0 Å². The monoisotopic (exact) mass is 312 g/mol. The summed E-state index contributed by atoms with van der Waals surface area (Å²) in [5, 5.41) is 0.523. The van der Waals surface area contributed by atoms with Crippen molar-refractivity contribution in [2.75, 3.05) is 0 Å². The molecule has 0 radical (unpaired) electrons. The van der Waals surface area contributed by atoms with E-state index >= 15 is 0 Å². The Morgan fingerprint density at radius 1 is 0.955 bits per heavy atom. The Hall–Kier alpha value is -1.54. The van der Waals surface area contributed by atoms with Gasteiger partial charge in [0.1, 0.15) is 0 Å². The van der Waals surface area contributed by atoms with Crippen molar-refractivity contribution in [3.05, 3.63) is 66.2 Å². The molecular formula is C20H24OS. The fourth-order valence-corrected chi connectivity index (χ4v) is 3.67. The minimum Gasteiger partial charge on any atom is -0.294 e. The van der Waals surface area contributed by atoms with Crippen molar-refractivity contribution in [3.63, 3.8) is 0 Å². The molecule has 0 fully saturated rings. The van der Waals surface area contributed by atoms with E-state index in [1.807, 2.05) is 48.2 Å². The minimum atomic E-state index is 0.260. The SMILES string of the molecule is CCCCC(CCC(=O)c1ccccc1)Sc1ccccc1. The predicted molar refractivity (Wildman–Crippen MR) is 95.6 cm³/mol. The molecule has 2 aromatic carbocycles. The standard InChI is InChI=1S/C20H24OS/c1-2-3-12-19(22-18-13-8-5-9-14-18)15-16-20(21)17-10-6-4-7-11-17/h4-11,13-14,19H,2-3,12,15-16H2,1H3. The van der Waals surface area contributed by atoms with Gasteiger partial charge >= 0.3 is 0 Å². The molecule has 22 heavy (non-hydrogen) atoms. The minimum absolute atomic E-state index is 0.260. The maximum atomic E-state index is 12.3. The number of benzene rings is 2. The maximum Gasteiger partial charge on any atom is 0.162 e. The van der Waals surface area contributed by atoms with Crippen molar-refractivity contribution in [1.82, 2.24) is 0 Å². The van der Waals surface area contributed by atoms with E-state index in [1.165, 1.54) is 24.2 Å². The molecular weight excluding hydrogens is 288 g/mol. The molecule has 116 valence electrons. The Kier molecular flexibility index (Phi) is 7.24. The highest BCUT2D eigenvalue weighted by atomic mass is 32.2. The summed E-state index contributed by atoms with van der Waals surface area (Å²) >= 11 is 1.91. The Balaban J connectivity index is 1.90. The van der Waals surface area contributed by atoms with Crippen LogP contribution in [-0.4, -0.2) is 11.0 Å². The average Bonchev–Trinajstić information content (AvgIpc) is 2.58. The summed E-state index contributed by atoms with van der Waals surface area (Å²) in [4.78, 5) is 13.6. The Bertz CT molecular complexity index is 550. The van der Waals surface area contributed by atoms with Crippen LogP contribution >= 0.6 is 11.8 Å². The van der Waals surface area contributed by atoms with Crippen LogP contribution < -0.4 is 0 Å². The van der Waals surface area contributed by atoms with Crippen LogP contribution in [0.25, 0.3) is 0 Å². The van der Waals surface area contributed by atoms with Gasteiger partial charge in [-0.2, -0.15) is 0 Å². The van der Waals surface area contributed by atoms with Gasteiger partial charge in [-0.25, -0.2) is 0 Å². The van der Waals surface area contributed by atoms with Gasteiger partial charge in [0.15, 0.2) is 5.78 Å². The molecule has 1 unspecified atom stereocenters. The number of thioether (sulfide) groups is 1. The predicted octanol–water partition coefficient (Wildman–Crippen LogP) is 6.00. The molecule has 0 saturated carbocycles. The van der Waals surface area contributed by atoms with Crippen LogP contribution in [0.15, 0.2) is 65.6 Å². The summed E-state index contributed by atoms with van der Waals surface area (Å²) in [5.41, 5.74) is 0.835. The number of unbranched alkanes of at least 4 members (excludes halogenated alkanes) is 1. The first kappa shape index (κ1) is 16.8. The number of carbonyl (C=O) groups excluding carboxylic acids is 1. The second-order valence-electron chi connectivity index (χ2n) is 5.52. The van der Waals surface area contributed by atoms with Gasteiger partial charge in [-0.05, 0) is 25.0 Å². The molecule has 0 aliphatic heterocycles. The van der Waals surface area contributed by atoms with Crippen molar-refractivity contribution < 1.29 is 4.79 Å². The van der Waals surface area contributed by atoms with E-state index < -0.39 is 0 Å². The Morgan fingerprint density at radius 3 is 2.23 bits per heavy atom. The van der Waals surface area contributed by atoms with E-state index in [4.69, 9.17) is 0 Å². The molecule has 0 heterocycles. The Morgan fingerprint density at radius 2 is 1.59 bits per heavy atom. The van der Waals surface area contributed by atoms with Gasteiger partial charge in [-0.15, -0.1) is 11.8 Å². The van der Waals surface area contributed by atoms with Crippen LogP contribution in [0.3, 0.4) is 0 Å². The third-order valence-corrected chi connectivity index (χ3v) is 5.06. The molecule has 2 rings (SSSR count). The van der Waals surface area contributed by atoms with Gasteiger partial charge < -0.3 is 0 Å². The number of hydrogen-bond acceptors (Lipinski definition) is 2. The zero-order valence-corrected chi connectivity index (χ0v) is 14.0. The Labute approximate surface area is 138 Å². The highest BCUT2D eigenvalue weighted by Gasteiger charge is 2.13. The van der Waals surface area contributed by atoms with Crippen LogP contribution in [0.5, 0.6) is 0 Å². The first-order chi connectivity index (χ1) is 10.8. The van der Waals surface area contributed by atoms with E-state index in [1.54, 1.807) is 0 Å². The summed E-state index contributed by atoms with van der Waals surface area (Å²) in [5.74, 6) is 0.260. The lowest BCUT2D eigenvalue weighted by Crippen LogP contribution is -2.07. The number of carbonyl (C=O) groups is 1. The van der Waals surface area contributed by atoms with Crippen molar-refractivity contribution in [1.29, 1.82) is 0 Å². The lowest BCUT2D eigenvalue weighted by molar-refractivity contribution is 0.0979. The molecule has 2 heteroatoms. The summed E-state index contributed by atoms with van der Waals surface area (Å²) < 4.78 is 0. The smallest absolute Gasteiger partial charge is 0.162 e. The van der Waals surface area contributed by atoms with Crippen LogP contribution in [0.4, 0.5) is 0 Å². The topological polar surface area (TPSA) is 17.1 Å². The highest BCUT2D eigenvalue weighted by molar-refractivity contribution is 8.00. The fourth-order valence-electron chi connectivity index (χ4n) is 2.45. The summed E-state index contributed by atoms with van der Waals surface area (Å²) in [6.07, 6.45) is 5.20. The zero-order chi connectivity index (χ0) is 15.6. The third kappa shape index (κ3) is 5.69. The van der Waals surface area contributed by atoms with E-state index in [2.05, 4.69) is 31.2 Å². The first-order valence-electron chi connectivity index (χ1n) is 8.09. The highest BCUT2D eigenvalue weighted by Crippen LogP contribution is 2.30. The number of Topliss-reactive ketones (excluding diaryl/α,β-unsaturated/α-hetero) is 1. The van der Waals surface area contributed by atoms with Gasteiger partial charge in [-0.3, -0.25) is 4.79 Å². The van der Waals surface area contributed by atoms with Gasteiger partial charge in [-0.1, -0.05) is 68.3 Å². The van der Waals surface area contributed by atoms with Crippen molar-refractivity contribution >= 4 is 17.5 Å². The van der Waals surface area contributed by atoms with Gasteiger partial charge in [0.2, 0.25) is 0 Å². The number of rotatable bonds is 9. The molecule has 0 aromatic heterocycles. The molecule has 0 bridgehead atoms. The number of ketones is 1. The van der Waals surface area contributed by atoms with E-state index in [0.29, 0.717) is 11.7 Å². The largest absolute Gasteiger partial charge is 0.294 e. The van der Waals surface area contributed by atoms with E-state index in [0.717, 1.165) is 12.0 Å². The number of hydrogen-bond donors (Lipinski definition) is 0. The quantitative estimate of drug-likeness (QED) is 0.417. The molecule has 0 N–H and O–H groups in total. The molecule has 0 amide bonds. The molecule has 1 atom stereocenters. The third-order valence-electron chi connectivity index (χ3n) is 3.71. The van der Waals surface area contributed by atoms with Gasteiger partial charge in [0.05, 0.1) is 0 Å². The normalized spacial score (nSPS) is 12.0. The van der Waals surface area contributed by atoms with Crippen LogP contribution in [0.2, 0.25) is 0 Å². The summed E-state index contributed by atoms with van der Waals surface area (Å²) in [7, 11) is 0. The lowest BCUT2D eigenvalue weighted by Gasteiger charge is -2.16. The molecule has 2 aromatic rings. The van der Waals surface area contributed by atoms with Crippen molar-refractivity contribution in [2.45, 2.75) is 49.2 Å². The van der Waals surface area contributed by atoms with Crippen molar-refractivity contribution in [2.24, 2.45) is 0 Å². The van der Waals surface area contributed by atoms with Gasteiger partial charge in [0.25, 0.3) is 0 Å². The second-order valence-corrected chi connectivity index (χ2v) is 6.90. The molecule has 0 spiro atoms. The zero-order valence-electron chi connectivity index (χ0n) is 13.2. The van der Waals surface area contributed by atoms with E-state index in [9.17, 15) is 4.79 Å². The molecule has 0 saturated heterocycles. The lowest BCUT2D eigenvalue weighted by atomic mass is 10.0. The summed E-state index contributed by atoms with van der Waals surface area (Å²) in [6.45, 7) is 2.22. The first-order valence-corrected chi connectivity index (χ1v) is 8.97. The summed E-state index contributed by atoms with van der Waals surface area (Å²) in [6, 6.07) is 20.1. The van der Waals surface area contributed by atoms with Crippen molar-refractivity contribution in [3.8, 4) is 0 Å². The molecule has 1 nitrogen and oxygen atoms in total. The molecule has 0 aliphatic carbocycles. The maximum absolute atomic E-state index is 12.3. The van der Waals surface area contributed by atoms with Crippen LogP contribution in [0.1, 0.15) is 49.4 Å². The molecule has 0 aliphatic rings. The van der Waals surface area contributed by atoms with Gasteiger partial charge in [0, 0.05) is 22.1 Å². The van der Waals surface area contributed by atoms with E-state index in [-0.39, 0.29) is 5.78 Å². The second kappa shape index (κ2) is 9.47. The van der Waals surface area contributed by atoms with Crippen LogP contribution in [-0.2, 0) is 0 Å². The average molecular weight is 312 g/mol.